The molecule has 4 rings (SSSR count). The van der Waals surface area contributed by atoms with Crippen LogP contribution >= 0.6 is 0 Å². The predicted octanol–water partition coefficient (Wildman–Crippen LogP) is 3.76. The summed E-state index contributed by atoms with van der Waals surface area (Å²) in [7, 11) is 1.73. The Bertz CT molecular complexity index is 856. The summed E-state index contributed by atoms with van der Waals surface area (Å²) in [6.45, 7) is 2.93. The van der Waals surface area contributed by atoms with E-state index in [0.717, 1.165) is 31.8 Å². The zero-order chi connectivity index (χ0) is 17.8. The minimum Gasteiger partial charge on any atom is -0.497 e. The fraction of sp³-hybridized carbons (Fsp3) is 0.364. The molecule has 1 atom stereocenters. The second kappa shape index (κ2) is 7.94. The second-order valence-corrected chi connectivity index (χ2v) is 7.08. The van der Waals surface area contributed by atoms with Gasteiger partial charge in [-0.1, -0.05) is 30.3 Å². The maximum absolute atomic E-state index is 5.40. The Morgan fingerprint density at radius 3 is 2.88 bits per heavy atom. The lowest BCUT2D eigenvalue weighted by molar-refractivity contribution is 0.415. The van der Waals surface area contributed by atoms with E-state index in [9.17, 15) is 0 Å². The van der Waals surface area contributed by atoms with Crippen LogP contribution in [0.1, 0.15) is 29.7 Å². The summed E-state index contributed by atoms with van der Waals surface area (Å²) in [6, 6.07) is 17.4. The molecule has 3 N–H and O–H groups in total. The van der Waals surface area contributed by atoms with Gasteiger partial charge in [0.05, 0.1) is 7.11 Å². The van der Waals surface area contributed by atoms with Crippen molar-refractivity contribution in [2.24, 2.45) is 0 Å². The van der Waals surface area contributed by atoms with Gasteiger partial charge >= 0.3 is 0 Å². The molecule has 1 aliphatic rings. The lowest BCUT2D eigenvalue weighted by Gasteiger charge is -2.24. The normalized spacial score (nSPS) is 16.6. The van der Waals surface area contributed by atoms with E-state index < -0.39 is 0 Å². The van der Waals surface area contributed by atoms with Crippen LogP contribution in [0.15, 0.2) is 48.5 Å². The molecule has 0 amide bonds. The molecular formula is C22H27N3O. The minimum atomic E-state index is 0.547. The van der Waals surface area contributed by atoms with Gasteiger partial charge in [-0.25, -0.2) is 0 Å². The van der Waals surface area contributed by atoms with Crippen LogP contribution in [0.3, 0.4) is 0 Å². The minimum absolute atomic E-state index is 0.547. The van der Waals surface area contributed by atoms with Crippen molar-refractivity contribution in [1.29, 1.82) is 0 Å². The molecule has 4 nitrogen and oxygen atoms in total. The van der Waals surface area contributed by atoms with Crippen molar-refractivity contribution in [3.05, 3.63) is 65.4 Å². The fourth-order valence-electron chi connectivity index (χ4n) is 3.86. The number of methoxy groups -OCH3 is 1. The first-order valence-electron chi connectivity index (χ1n) is 9.49. The second-order valence-electron chi connectivity index (χ2n) is 7.08. The molecule has 0 bridgehead atoms. The Morgan fingerprint density at radius 1 is 1.15 bits per heavy atom. The number of rotatable bonds is 7. The lowest BCUT2D eigenvalue weighted by Crippen LogP contribution is -2.35. The Labute approximate surface area is 155 Å². The molecule has 0 aliphatic carbocycles. The summed E-state index contributed by atoms with van der Waals surface area (Å²) in [5, 5.41) is 8.55. The molecule has 4 heteroatoms. The molecule has 3 aromatic rings. The molecule has 0 radical (unpaired) electrons. The Morgan fingerprint density at radius 2 is 2.04 bits per heavy atom. The van der Waals surface area contributed by atoms with Crippen LogP contribution in [0.5, 0.6) is 5.75 Å². The molecule has 26 heavy (non-hydrogen) atoms. The van der Waals surface area contributed by atoms with Gasteiger partial charge in [-0.2, -0.15) is 0 Å². The summed E-state index contributed by atoms with van der Waals surface area (Å²) in [6.07, 6.45) is 3.46. The molecule has 0 saturated carbocycles. The number of aromatic nitrogens is 1. The summed E-state index contributed by atoms with van der Waals surface area (Å²) in [4.78, 5) is 3.55. The molecule has 136 valence electrons. The SMILES string of the molecule is COc1ccc2[nH]c3c(c2c1)CC(CCCNCc1ccccc1)NC3. The van der Waals surface area contributed by atoms with Crippen LogP contribution in [0.2, 0.25) is 0 Å². The van der Waals surface area contributed by atoms with E-state index in [-0.39, 0.29) is 0 Å². The third kappa shape index (κ3) is 3.76. The molecule has 2 aromatic carbocycles. The first-order valence-corrected chi connectivity index (χ1v) is 9.49. The van der Waals surface area contributed by atoms with Crippen LogP contribution in [0, 0.1) is 0 Å². The van der Waals surface area contributed by atoms with E-state index in [0.29, 0.717) is 6.04 Å². The first-order chi connectivity index (χ1) is 12.8. The number of ether oxygens (including phenoxy) is 1. The van der Waals surface area contributed by atoms with Crippen molar-refractivity contribution in [2.75, 3.05) is 13.7 Å². The van der Waals surface area contributed by atoms with Gasteiger partial charge in [0.25, 0.3) is 0 Å². The van der Waals surface area contributed by atoms with Crippen molar-refractivity contribution in [3.63, 3.8) is 0 Å². The average Bonchev–Trinajstić information content (AvgIpc) is 3.05. The standard InChI is InChI=1S/C22H27N3O/c1-26-18-9-10-21-20(13-18)19-12-17(24-15-22(19)25-21)8-5-11-23-14-16-6-3-2-4-7-16/h2-4,6-7,9-10,13,17,23-25H,5,8,11-12,14-15H2,1H3. The van der Waals surface area contributed by atoms with Crippen molar-refractivity contribution in [1.82, 2.24) is 15.6 Å². The van der Waals surface area contributed by atoms with Gasteiger partial charge in [-0.15, -0.1) is 0 Å². The number of hydrogen-bond donors (Lipinski definition) is 3. The fourth-order valence-corrected chi connectivity index (χ4v) is 3.86. The molecule has 0 saturated heterocycles. The van der Waals surface area contributed by atoms with E-state index in [1.54, 1.807) is 7.11 Å². The highest BCUT2D eigenvalue weighted by atomic mass is 16.5. The Hall–Kier alpha value is -2.30. The molecule has 1 unspecified atom stereocenters. The van der Waals surface area contributed by atoms with Gasteiger partial charge in [0.1, 0.15) is 5.75 Å². The van der Waals surface area contributed by atoms with Crippen LogP contribution in [-0.4, -0.2) is 24.7 Å². The predicted molar refractivity (Wildman–Crippen MR) is 107 cm³/mol. The maximum Gasteiger partial charge on any atom is 0.119 e. The van der Waals surface area contributed by atoms with E-state index in [4.69, 9.17) is 4.74 Å². The largest absolute Gasteiger partial charge is 0.497 e. The average molecular weight is 349 g/mol. The highest BCUT2D eigenvalue weighted by molar-refractivity contribution is 5.86. The van der Waals surface area contributed by atoms with E-state index in [1.807, 2.05) is 6.07 Å². The molecule has 1 aliphatic heterocycles. The Kier molecular flexibility index (Phi) is 5.23. The summed E-state index contributed by atoms with van der Waals surface area (Å²) in [5.74, 6) is 0.930. The smallest absolute Gasteiger partial charge is 0.119 e. The summed E-state index contributed by atoms with van der Waals surface area (Å²) < 4.78 is 5.40. The molecule has 0 fully saturated rings. The zero-order valence-electron chi connectivity index (χ0n) is 15.3. The van der Waals surface area contributed by atoms with Gasteiger partial charge in [-0.05, 0) is 55.1 Å². The molecule has 2 heterocycles. The molecule has 1 aromatic heterocycles. The van der Waals surface area contributed by atoms with Gasteiger partial charge in [0.2, 0.25) is 0 Å². The summed E-state index contributed by atoms with van der Waals surface area (Å²) >= 11 is 0. The third-order valence-electron chi connectivity index (χ3n) is 5.30. The number of aromatic amines is 1. The number of H-pyrrole nitrogens is 1. The van der Waals surface area contributed by atoms with E-state index in [1.165, 1.54) is 40.6 Å². The molecular weight excluding hydrogens is 322 g/mol. The van der Waals surface area contributed by atoms with E-state index in [2.05, 4.69) is 58.1 Å². The van der Waals surface area contributed by atoms with Gasteiger partial charge in [0, 0.05) is 35.7 Å². The topological polar surface area (TPSA) is 49.1 Å². The van der Waals surface area contributed by atoms with Gasteiger partial charge in [0.15, 0.2) is 0 Å². The Balaban J connectivity index is 1.30. The number of hydrogen-bond acceptors (Lipinski definition) is 3. The van der Waals surface area contributed by atoms with Gasteiger partial charge in [-0.3, -0.25) is 0 Å². The highest BCUT2D eigenvalue weighted by Crippen LogP contribution is 2.30. The highest BCUT2D eigenvalue weighted by Gasteiger charge is 2.21. The van der Waals surface area contributed by atoms with Crippen molar-refractivity contribution < 1.29 is 4.74 Å². The lowest BCUT2D eigenvalue weighted by atomic mass is 9.95. The van der Waals surface area contributed by atoms with Crippen LogP contribution < -0.4 is 15.4 Å². The van der Waals surface area contributed by atoms with Crippen molar-refractivity contribution in [2.45, 2.75) is 38.4 Å². The zero-order valence-corrected chi connectivity index (χ0v) is 15.3. The van der Waals surface area contributed by atoms with E-state index >= 15 is 0 Å². The van der Waals surface area contributed by atoms with Crippen molar-refractivity contribution in [3.8, 4) is 5.75 Å². The number of fused-ring (bicyclic) bond motifs is 3. The maximum atomic E-state index is 5.40. The molecule has 0 spiro atoms. The monoisotopic (exact) mass is 349 g/mol. The number of benzene rings is 2. The van der Waals surface area contributed by atoms with Crippen molar-refractivity contribution >= 4 is 10.9 Å². The number of nitrogens with one attached hydrogen (secondary N) is 3. The quantitative estimate of drug-likeness (QED) is 0.569. The van der Waals surface area contributed by atoms with Crippen LogP contribution in [0.4, 0.5) is 0 Å². The third-order valence-corrected chi connectivity index (χ3v) is 5.30. The van der Waals surface area contributed by atoms with Gasteiger partial charge < -0.3 is 20.4 Å². The summed E-state index contributed by atoms with van der Waals surface area (Å²) in [5.41, 5.74) is 5.34. The van der Waals surface area contributed by atoms with Crippen LogP contribution in [-0.2, 0) is 19.5 Å². The van der Waals surface area contributed by atoms with Crippen LogP contribution in [0.25, 0.3) is 10.9 Å². The first kappa shape index (κ1) is 17.1.